The molecule has 4 nitrogen and oxygen atoms in total. The van der Waals surface area contributed by atoms with Crippen LogP contribution in [0.15, 0.2) is 24.3 Å². The number of carbonyl (C=O) groups is 1. The van der Waals surface area contributed by atoms with Crippen LogP contribution in [0.1, 0.15) is 23.2 Å². The molecule has 0 spiro atoms. The Hall–Kier alpha value is -1.40. The number of rotatable bonds is 4. The van der Waals surface area contributed by atoms with Crippen LogP contribution in [-0.4, -0.2) is 31.7 Å². The van der Waals surface area contributed by atoms with Crippen LogP contribution in [0.25, 0.3) is 0 Å². The highest BCUT2D eigenvalue weighted by Gasteiger charge is 2.16. The standard InChI is InChI=1S/C13H16F2N2O2.ClH/c14-13(15)19-11-3-1-2-9(8-11)12(18)17-10-4-6-16-7-5-10;/h1-3,8,10,13,16H,4-7H2,(H,17,18);1H. The van der Waals surface area contributed by atoms with Gasteiger partial charge in [0.15, 0.2) is 0 Å². The number of carbonyl (C=O) groups excluding carboxylic acids is 1. The molecule has 1 heterocycles. The second-order valence-corrected chi connectivity index (χ2v) is 4.40. The Morgan fingerprint density at radius 2 is 2.05 bits per heavy atom. The van der Waals surface area contributed by atoms with Gasteiger partial charge in [0.1, 0.15) is 5.75 Å². The number of benzene rings is 1. The highest BCUT2D eigenvalue weighted by Crippen LogP contribution is 2.16. The molecule has 0 saturated carbocycles. The van der Waals surface area contributed by atoms with Crippen molar-refractivity contribution in [3.8, 4) is 5.75 Å². The predicted octanol–water partition coefficient (Wildman–Crippen LogP) is 2.19. The van der Waals surface area contributed by atoms with Crippen molar-refractivity contribution in [2.24, 2.45) is 0 Å². The molecule has 0 radical (unpaired) electrons. The van der Waals surface area contributed by atoms with Crippen LogP contribution in [0.2, 0.25) is 0 Å². The van der Waals surface area contributed by atoms with E-state index in [9.17, 15) is 13.6 Å². The first-order chi connectivity index (χ1) is 9.15. The highest BCUT2D eigenvalue weighted by molar-refractivity contribution is 5.94. The maximum Gasteiger partial charge on any atom is 0.387 e. The fraction of sp³-hybridized carbons (Fsp3) is 0.462. The van der Waals surface area contributed by atoms with E-state index in [0.29, 0.717) is 5.56 Å². The first-order valence-corrected chi connectivity index (χ1v) is 6.21. The molecule has 1 fully saturated rings. The van der Waals surface area contributed by atoms with Crippen LogP contribution in [0.5, 0.6) is 5.75 Å². The molecule has 0 aromatic heterocycles. The molecule has 112 valence electrons. The zero-order valence-corrected chi connectivity index (χ0v) is 11.6. The van der Waals surface area contributed by atoms with E-state index in [1.165, 1.54) is 18.2 Å². The summed E-state index contributed by atoms with van der Waals surface area (Å²) in [4.78, 5) is 12.0. The minimum Gasteiger partial charge on any atom is -0.435 e. The summed E-state index contributed by atoms with van der Waals surface area (Å²) in [6.07, 6.45) is 1.75. The van der Waals surface area contributed by atoms with Gasteiger partial charge in [0.2, 0.25) is 0 Å². The number of halogens is 3. The molecule has 1 aliphatic heterocycles. The lowest BCUT2D eigenvalue weighted by Gasteiger charge is -2.23. The minimum absolute atomic E-state index is 0. The van der Waals surface area contributed by atoms with Crippen molar-refractivity contribution in [1.29, 1.82) is 0 Å². The Morgan fingerprint density at radius 1 is 1.35 bits per heavy atom. The molecule has 20 heavy (non-hydrogen) atoms. The molecule has 1 amide bonds. The van der Waals surface area contributed by atoms with Gasteiger partial charge < -0.3 is 15.4 Å². The van der Waals surface area contributed by atoms with Crippen molar-refractivity contribution >= 4 is 18.3 Å². The van der Waals surface area contributed by atoms with Gasteiger partial charge in [-0.1, -0.05) is 6.07 Å². The first kappa shape index (κ1) is 16.7. The molecule has 7 heteroatoms. The Balaban J connectivity index is 0.00000200. The summed E-state index contributed by atoms with van der Waals surface area (Å²) in [6.45, 7) is -1.14. The number of nitrogens with one attached hydrogen (secondary N) is 2. The third-order valence-corrected chi connectivity index (χ3v) is 3.00. The van der Waals surface area contributed by atoms with Crippen molar-refractivity contribution in [2.45, 2.75) is 25.5 Å². The van der Waals surface area contributed by atoms with Crippen LogP contribution in [0.3, 0.4) is 0 Å². The predicted molar refractivity (Wildman–Crippen MR) is 73.7 cm³/mol. The van der Waals surface area contributed by atoms with Crippen LogP contribution in [-0.2, 0) is 0 Å². The van der Waals surface area contributed by atoms with Gasteiger partial charge in [-0.3, -0.25) is 4.79 Å². The van der Waals surface area contributed by atoms with E-state index in [4.69, 9.17) is 0 Å². The van der Waals surface area contributed by atoms with Gasteiger partial charge in [0.05, 0.1) is 0 Å². The zero-order valence-electron chi connectivity index (χ0n) is 10.8. The maximum atomic E-state index is 12.1. The number of ether oxygens (including phenoxy) is 1. The molecule has 1 aliphatic rings. The Labute approximate surface area is 122 Å². The molecule has 2 rings (SSSR count). The number of piperidine rings is 1. The van der Waals surface area contributed by atoms with Gasteiger partial charge in [-0.25, -0.2) is 0 Å². The second-order valence-electron chi connectivity index (χ2n) is 4.40. The number of hydrogen-bond donors (Lipinski definition) is 2. The van der Waals surface area contributed by atoms with Gasteiger partial charge in [-0.2, -0.15) is 8.78 Å². The average molecular weight is 307 g/mol. The van der Waals surface area contributed by atoms with Crippen molar-refractivity contribution < 1.29 is 18.3 Å². The SMILES string of the molecule is Cl.O=C(NC1CCNCC1)c1cccc(OC(F)F)c1. The quantitative estimate of drug-likeness (QED) is 0.896. The summed E-state index contributed by atoms with van der Waals surface area (Å²) < 4.78 is 28.5. The smallest absolute Gasteiger partial charge is 0.387 e. The molecular weight excluding hydrogens is 290 g/mol. The zero-order chi connectivity index (χ0) is 13.7. The van der Waals surface area contributed by atoms with Gasteiger partial charge in [-0.05, 0) is 44.1 Å². The molecule has 1 aromatic rings. The lowest BCUT2D eigenvalue weighted by atomic mass is 10.1. The van der Waals surface area contributed by atoms with Gasteiger partial charge in [-0.15, -0.1) is 12.4 Å². The molecule has 0 atom stereocenters. The summed E-state index contributed by atoms with van der Waals surface area (Å²) in [5.74, 6) is -0.264. The lowest BCUT2D eigenvalue weighted by Crippen LogP contribution is -2.42. The van der Waals surface area contributed by atoms with Gasteiger partial charge in [0.25, 0.3) is 5.91 Å². The molecule has 0 unspecified atom stereocenters. The summed E-state index contributed by atoms with van der Waals surface area (Å²) in [6, 6.07) is 5.95. The van der Waals surface area contributed by atoms with Crippen LogP contribution >= 0.6 is 12.4 Å². The summed E-state index contributed by atoms with van der Waals surface area (Å²) in [7, 11) is 0. The molecular formula is C13H17ClF2N2O2. The molecule has 0 aliphatic carbocycles. The van der Waals surface area contributed by atoms with E-state index in [2.05, 4.69) is 15.4 Å². The summed E-state index contributed by atoms with van der Waals surface area (Å²) in [5, 5.41) is 6.10. The third-order valence-electron chi connectivity index (χ3n) is 3.00. The van der Waals surface area contributed by atoms with Crippen molar-refractivity contribution in [1.82, 2.24) is 10.6 Å². The summed E-state index contributed by atoms with van der Waals surface area (Å²) >= 11 is 0. The van der Waals surface area contributed by atoms with Crippen LogP contribution in [0.4, 0.5) is 8.78 Å². The van der Waals surface area contributed by atoms with E-state index >= 15 is 0 Å². The second kappa shape index (κ2) is 8.01. The van der Waals surface area contributed by atoms with E-state index in [1.807, 2.05) is 0 Å². The highest BCUT2D eigenvalue weighted by atomic mass is 35.5. The van der Waals surface area contributed by atoms with Gasteiger partial charge >= 0.3 is 6.61 Å². The normalized spacial score (nSPS) is 15.6. The molecule has 1 aromatic carbocycles. The molecule has 2 N–H and O–H groups in total. The first-order valence-electron chi connectivity index (χ1n) is 6.21. The van der Waals surface area contributed by atoms with Crippen molar-refractivity contribution in [2.75, 3.05) is 13.1 Å². The van der Waals surface area contributed by atoms with Crippen molar-refractivity contribution in [3.63, 3.8) is 0 Å². The molecule has 1 saturated heterocycles. The Bertz CT molecular complexity index is 440. The van der Waals surface area contributed by atoms with E-state index in [-0.39, 0.29) is 30.1 Å². The monoisotopic (exact) mass is 306 g/mol. The largest absolute Gasteiger partial charge is 0.435 e. The van der Waals surface area contributed by atoms with Gasteiger partial charge in [0, 0.05) is 11.6 Å². The maximum absolute atomic E-state index is 12.1. The third kappa shape index (κ3) is 4.94. The topological polar surface area (TPSA) is 50.4 Å². The number of alkyl halides is 2. The van der Waals surface area contributed by atoms with Crippen LogP contribution < -0.4 is 15.4 Å². The van der Waals surface area contributed by atoms with Crippen LogP contribution in [0, 0.1) is 0 Å². The fourth-order valence-corrected chi connectivity index (χ4v) is 2.05. The minimum atomic E-state index is -2.89. The van der Waals surface area contributed by atoms with E-state index in [1.54, 1.807) is 6.07 Å². The average Bonchev–Trinajstić information content (AvgIpc) is 2.39. The van der Waals surface area contributed by atoms with E-state index in [0.717, 1.165) is 25.9 Å². The number of hydrogen-bond acceptors (Lipinski definition) is 3. The fourth-order valence-electron chi connectivity index (χ4n) is 2.05. The van der Waals surface area contributed by atoms with Crippen molar-refractivity contribution in [3.05, 3.63) is 29.8 Å². The summed E-state index contributed by atoms with van der Waals surface area (Å²) in [5.41, 5.74) is 0.330. The Morgan fingerprint density at radius 3 is 2.70 bits per heavy atom. The van der Waals surface area contributed by atoms with E-state index < -0.39 is 6.61 Å². The molecule has 0 bridgehead atoms. The lowest BCUT2D eigenvalue weighted by molar-refractivity contribution is -0.0498. The number of amides is 1. The Kier molecular flexibility index (Phi) is 6.67.